The van der Waals surface area contributed by atoms with E-state index < -0.39 is 10.0 Å². The molecule has 0 saturated heterocycles. The number of benzene rings is 1. The molecule has 1 aromatic heterocycles. The van der Waals surface area contributed by atoms with Gasteiger partial charge < -0.3 is 4.52 Å². The number of rotatable bonds is 3. The highest BCUT2D eigenvalue weighted by Crippen LogP contribution is 2.26. The van der Waals surface area contributed by atoms with E-state index in [1.54, 1.807) is 12.1 Å². The smallest absolute Gasteiger partial charge is 0.243 e. The topological polar surface area (TPSA) is 63.4 Å². The predicted molar refractivity (Wildman–Crippen MR) is 78.4 cm³/mol. The Bertz CT molecular complexity index is 748. The lowest BCUT2D eigenvalue weighted by Crippen LogP contribution is -2.35. The molecule has 21 heavy (non-hydrogen) atoms. The summed E-state index contributed by atoms with van der Waals surface area (Å²) in [5, 5.41) is 3.91. The molecule has 112 valence electrons. The highest BCUT2D eigenvalue weighted by Gasteiger charge is 2.31. The summed E-state index contributed by atoms with van der Waals surface area (Å²) in [6.07, 6.45) is 1.54. The Morgan fingerprint density at radius 1 is 1.29 bits per heavy atom. The van der Waals surface area contributed by atoms with Crippen molar-refractivity contribution in [2.75, 3.05) is 6.54 Å². The van der Waals surface area contributed by atoms with E-state index in [1.165, 1.54) is 4.31 Å². The van der Waals surface area contributed by atoms with E-state index >= 15 is 0 Å². The zero-order chi connectivity index (χ0) is 15.0. The van der Waals surface area contributed by atoms with E-state index in [1.807, 2.05) is 26.0 Å². The molecular formula is C15H18N2O3S. The lowest BCUT2D eigenvalue weighted by atomic mass is 10.1. The van der Waals surface area contributed by atoms with Crippen LogP contribution in [0.5, 0.6) is 0 Å². The first-order valence-corrected chi connectivity index (χ1v) is 8.49. The lowest BCUT2D eigenvalue weighted by molar-refractivity contribution is 0.307. The summed E-state index contributed by atoms with van der Waals surface area (Å²) in [7, 11) is -3.47. The van der Waals surface area contributed by atoms with Crippen molar-refractivity contribution in [2.45, 2.75) is 38.1 Å². The second kappa shape index (κ2) is 5.27. The van der Waals surface area contributed by atoms with Gasteiger partial charge in [0.2, 0.25) is 10.0 Å². The monoisotopic (exact) mass is 306 g/mol. The SMILES string of the molecule is CCc1ccc(S(=O)(=O)N2CCc3c(C)noc3C2)cc1. The van der Waals surface area contributed by atoms with E-state index in [9.17, 15) is 8.42 Å². The molecule has 3 rings (SSSR count). The molecule has 5 nitrogen and oxygen atoms in total. The molecule has 1 aliphatic rings. The van der Waals surface area contributed by atoms with E-state index in [0.29, 0.717) is 23.6 Å². The maximum atomic E-state index is 12.7. The fourth-order valence-corrected chi connectivity index (χ4v) is 4.00. The molecule has 0 atom stereocenters. The van der Waals surface area contributed by atoms with Crippen molar-refractivity contribution in [1.82, 2.24) is 9.46 Å². The molecule has 0 aliphatic carbocycles. The maximum Gasteiger partial charge on any atom is 0.243 e. The first kappa shape index (κ1) is 14.3. The summed E-state index contributed by atoms with van der Waals surface area (Å²) in [4.78, 5) is 0.333. The fourth-order valence-electron chi connectivity index (χ4n) is 2.61. The van der Waals surface area contributed by atoms with Crippen LogP contribution in [0.1, 0.15) is 29.5 Å². The Morgan fingerprint density at radius 2 is 2.00 bits per heavy atom. The van der Waals surface area contributed by atoms with E-state index in [2.05, 4.69) is 5.16 Å². The average molecular weight is 306 g/mol. The third-order valence-electron chi connectivity index (χ3n) is 3.97. The second-order valence-corrected chi connectivity index (χ2v) is 7.19. The van der Waals surface area contributed by atoms with Crippen LogP contribution in [0.4, 0.5) is 0 Å². The van der Waals surface area contributed by atoms with E-state index in [-0.39, 0.29) is 6.54 Å². The first-order chi connectivity index (χ1) is 10.0. The van der Waals surface area contributed by atoms with Crippen LogP contribution in [0, 0.1) is 6.92 Å². The standard InChI is InChI=1S/C15H18N2O3S/c1-3-12-4-6-13(7-5-12)21(18,19)17-9-8-14-11(2)16-20-15(14)10-17/h4-7H,3,8-10H2,1-2H3. The third-order valence-corrected chi connectivity index (χ3v) is 5.83. The van der Waals surface area contributed by atoms with Crippen molar-refractivity contribution in [3.8, 4) is 0 Å². The molecule has 0 unspecified atom stereocenters. The molecule has 2 heterocycles. The van der Waals surface area contributed by atoms with Gasteiger partial charge in [-0.15, -0.1) is 0 Å². The van der Waals surface area contributed by atoms with Crippen LogP contribution in [0.25, 0.3) is 0 Å². The largest absolute Gasteiger partial charge is 0.359 e. The molecule has 0 amide bonds. The summed E-state index contributed by atoms with van der Waals surface area (Å²) in [6.45, 7) is 4.65. The van der Waals surface area contributed by atoms with E-state index in [0.717, 1.165) is 23.2 Å². The van der Waals surface area contributed by atoms with Crippen molar-refractivity contribution in [3.05, 3.63) is 46.8 Å². The zero-order valence-electron chi connectivity index (χ0n) is 12.2. The number of fused-ring (bicyclic) bond motifs is 1. The summed E-state index contributed by atoms with van der Waals surface area (Å²) < 4.78 is 32.0. The Hall–Kier alpha value is -1.66. The molecule has 1 aromatic carbocycles. The summed E-state index contributed by atoms with van der Waals surface area (Å²) in [6, 6.07) is 7.08. The molecule has 0 fully saturated rings. The van der Waals surface area contributed by atoms with Crippen molar-refractivity contribution >= 4 is 10.0 Å². The van der Waals surface area contributed by atoms with Gasteiger partial charge in [-0.2, -0.15) is 4.31 Å². The molecule has 0 N–H and O–H groups in total. The molecule has 0 bridgehead atoms. The van der Waals surface area contributed by atoms with Crippen LogP contribution in [-0.2, 0) is 29.4 Å². The molecule has 2 aromatic rings. The lowest BCUT2D eigenvalue weighted by Gasteiger charge is -2.25. The highest BCUT2D eigenvalue weighted by atomic mass is 32.2. The van der Waals surface area contributed by atoms with Gasteiger partial charge >= 0.3 is 0 Å². The molecule has 0 spiro atoms. The van der Waals surface area contributed by atoms with Crippen LogP contribution in [-0.4, -0.2) is 24.4 Å². The van der Waals surface area contributed by atoms with Crippen molar-refractivity contribution < 1.29 is 12.9 Å². The van der Waals surface area contributed by atoms with Crippen LogP contribution < -0.4 is 0 Å². The fraction of sp³-hybridized carbons (Fsp3) is 0.400. The minimum Gasteiger partial charge on any atom is -0.359 e. The number of hydrogen-bond donors (Lipinski definition) is 0. The minimum atomic E-state index is -3.47. The van der Waals surface area contributed by atoms with Crippen LogP contribution in [0.2, 0.25) is 0 Å². The number of aromatic nitrogens is 1. The Kier molecular flexibility index (Phi) is 3.59. The Balaban J connectivity index is 1.89. The molecule has 0 saturated carbocycles. The highest BCUT2D eigenvalue weighted by molar-refractivity contribution is 7.89. The van der Waals surface area contributed by atoms with Crippen LogP contribution in [0.15, 0.2) is 33.7 Å². The summed E-state index contributed by atoms with van der Waals surface area (Å²) >= 11 is 0. The molecular weight excluding hydrogens is 288 g/mol. The van der Waals surface area contributed by atoms with Crippen LogP contribution in [0.3, 0.4) is 0 Å². The van der Waals surface area contributed by atoms with Gasteiger partial charge in [-0.05, 0) is 37.5 Å². The quantitative estimate of drug-likeness (QED) is 0.873. The number of hydrogen-bond acceptors (Lipinski definition) is 4. The number of nitrogens with zero attached hydrogens (tertiary/aromatic N) is 2. The van der Waals surface area contributed by atoms with Gasteiger partial charge in [0, 0.05) is 12.1 Å². The minimum absolute atomic E-state index is 0.258. The number of aryl methyl sites for hydroxylation is 2. The Morgan fingerprint density at radius 3 is 2.67 bits per heavy atom. The summed E-state index contributed by atoms with van der Waals surface area (Å²) in [5.41, 5.74) is 3.03. The van der Waals surface area contributed by atoms with Gasteiger partial charge in [0.25, 0.3) is 0 Å². The average Bonchev–Trinajstić information content (AvgIpc) is 2.88. The molecule has 0 radical (unpaired) electrons. The van der Waals surface area contributed by atoms with Crippen molar-refractivity contribution in [2.24, 2.45) is 0 Å². The van der Waals surface area contributed by atoms with Crippen molar-refractivity contribution in [1.29, 1.82) is 0 Å². The van der Waals surface area contributed by atoms with Gasteiger partial charge in [0.15, 0.2) is 5.76 Å². The second-order valence-electron chi connectivity index (χ2n) is 5.26. The zero-order valence-corrected chi connectivity index (χ0v) is 13.0. The Labute approximate surface area is 124 Å². The van der Waals surface area contributed by atoms with Crippen molar-refractivity contribution in [3.63, 3.8) is 0 Å². The van der Waals surface area contributed by atoms with Gasteiger partial charge in [-0.1, -0.05) is 24.2 Å². The van der Waals surface area contributed by atoms with E-state index in [4.69, 9.17) is 4.52 Å². The normalized spacial score (nSPS) is 15.9. The van der Waals surface area contributed by atoms with Gasteiger partial charge in [-0.25, -0.2) is 8.42 Å². The van der Waals surface area contributed by atoms with Crippen LogP contribution >= 0.6 is 0 Å². The first-order valence-electron chi connectivity index (χ1n) is 7.05. The number of sulfonamides is 1. The maximum absolute atomic E-state index is 12.7. The molecule has 1 aliphatic heterocycles. The third kappa shape index (κ3) is 2.49. The molecule has 6 heteroatoms. The van der Waals surface area contributed by atoms with Gasteiger partial charge in [0.05, 0.1) is 17.1 Å². The predicted octanol–water partition coefficient (Wildman–Crippen LogP) is 2.29. The summed E-state index contributed by atoms with van der Waals surface area (Å²) in [5.74, 6) is 0.660. The van der Waals surface area contributed by atoms with Gasteiger partial charge in [0.1, 0.15) is 0 Å². The van der Waals surface area contributed by atoms with Gasteiger partial charge in [-0.3, -0.25) is 0 Å².